The second kappa shape index (κ2) is 5.70. The zero-order valence-electron chi connectivity index (χ0n) is 11.5. The summed E-state index contributed by atoms with van der Waals surface area (Å²) >= 11 is 0. The van der Waals surface area contributed by atoms with Gasteiger partial charge in [0.05, 0.1) is 5.52 Å². The maximum atomic E-state index is 4.34. The van der Waals surface area contributed by atoms with E-state index in [1.807, 2.05) is 24.3 Å². The number of hydrogen-bond donors (Lipinski definition) is 1. The van der Waals surface area contributed by atoms with Gasteiger partial charge in [-0.2, -0.15) is 0 Å². The Morgan fingerprint density at radius 2 is 1.75 bits per heavy atom. The minimum Gasteiger partial charge on any atom is -0.369 e. The summed E-state index contributed by atoms with van der Waals surface area (Å²) in [7, 11) is 0. The van der Waals surface area contributed by atoms with Gasteiger partial charge in [-0.15, -0.1) is 0 Å². The Morgan fingerprint density at radius 3 is 2.65 bits per heavy atom. The molecule has 0 atom stereocenters. The molecule has 100 valence electrons. The van der Waals surface area contributed by atoms with E-state index < -0.39 is 0 Å². The molecule has 0 radical (unpaired) electrons. The molecule has 20 heavy (non-hydrogen) atoms. The Labute approximate surface area is 118 Å². The number of nitrogens with zero attached hydrogens (tertiary/aromatic N) is 2. The molecule has 2 aromatic carbocycles. The summed E-state index contributed by atoms with van der Waals surface area (Å²) in [4.78, 5) is 8.61. The highest BCUT2D eigenvalue weighted by atomic mass is 15.0. The number of nitrogens with one attached hydrogen (secondary N) is 1. The summed E-state index contributed by atoms with van der Waals surface area (Å²) in [6.45, 7) is 3.02. The van der Waals surface area contributed by atoms with Crippen molar-refractivity contribution in [3.8, 4) is 0 Å². The molecule has 3 nitrogen and oxygen atoms in total. The molecule has 0 saturated carbocycles. The van der Waals surface area contributed by atoms with Crippen LogP contribution in [0.2, 0.25) is 0 Å². The fraction of sp³-hybridized carbons (Fsp3) is 0.176. The van der Waals surface area contributed by atoms with Crippen LogP contribution in [-0.4, -0.2) is 16.5 Å². The summed E-state index contributed by atoms with van der Waals surface area (Å²) in [5, 5.41) is 4.48. The van der Waals surface area contributed by atoms with Crippen LogP contribution in [0.4, 0.5) is 5.82 Å². The van der Waals surface area contributed by atoms with Gasteiger partial charge in [0.1, 0.15) is 12.1 Å². The molecule has 1 heterocycles. The van der Waals surface area contributed by atoms with Gasteiger partial charge in [0, 0.05) is 11.9 Å². The largest absolute Gasteiger partial charge is 0.369 e. The summed E-state index contributed by atoms with van der Waals surface area (Å²) in [6, 6.07) is 16.5. The molecule has 0 fully saturated rings. The van der Waals surface area contributed by atoms with E-state index in [-0.39, 0.29) is 0 Å². The predicted octanol–water partition coefficient (Wildman–Crippen LogP) is 3.59. The molecule has 3 rings (SSSR count). The lowest BCUT2D eigenvalue weighted by molar-refractivity contribution is 0.994. The van der Waals surface area contributed by atoms with Crippen molar-refractivity contribution in [1.82, 2.24) is 9.97 Å². The van der Waals surface area contributed by atoms with Gasteiger partial charge >= 0.3 is 0 Å². The summed E-state index contributed by atoms with van der Waals surface area (Å²) in [5.74, 6) is 0.907. The molecule has 0 saturated heterocycles. The fourth-order valence-corrected chi connectivity index (χ4v) is 2.35. The first kappa shape index (κ1) is 12.6. The smallest absolute Gasteiger partial charge is 0.137 e. The molecule has 1 aromatic heterocycles. The van der Waals surface area contributed by atoms with Crippen LogP contribution in [0, 0.1) is 6.92 Å². The minimum absolute atomic E-state index is 0.867. The van der Waals surface area contributed by atoms with E-state index in [4.69, 9.17) is 0 Å². The third-order valence-corrected chi connectivity index (χ3v) is 3.49. The zero-order chi connectivity index (χ0) is 13.8. The molecular weight excluding hydrogens is 246 g/mol. The van der Waals surface area contributed by atoms with Crippen LogP contribution in [-0.2, 0) is 6.42 Å². The predicted molar refractivity (Wildman–Crippen MR) is 82.9 cm³/mol. The first-order valence-corrected chi connectivity index (χ1v) is 6.83. The number of rotatable bonds is 4. The number of anilines is 1. The van der Waals surface area contributed by atoms with Gasteiger partial charge in [0.15, 0.2) is 0 Å². The highest BCUT2D eigenvalue weighted by Gasteiger charge is 2.02. The number of aromatic nitrogens is 2. The summed E-state index contributed by atoms with van der Waals surface area (Å²) in [6.07, 6.45) is 2.60. The lowest BCUT2D eigenvalue weighted by Crippen LogP contribution is -2.07. The average Bonchev–Trinajstić information content (AvgIpc) is 2.49. The highest BCUT2D eigenvalue weighted by molar-refractivity contribution is 5.88. The van der Waals surface area contributed by atoms with Crippen molar-refractivity contribution < 1.29 is 0 Å². The number of para-hydroxylation sites is 1. The lowest BCUT2D eigenvalue weighted by atomic mass is 10.1. The molecule has 3 heteroatoms. The van der Waals surface area contributed by atoms with Crippen molar-refractivity contribution >= 4 is 16.7 Å². The van der Waals surface area contributed by atoms with E-state index in [2.05, 4.69) is 46.5 Å². The van der Waals surface area contributed by atoms with Gasteiger partial charge in [-0.25, -0.2) is 9.97 Å². The molecular formula is C17H17N3. The molecule has 0 amide bonds. The molecule has 0 unspecified atom stereocenters. The van der Waals surface area contributed by atoms with Crippen molar-refractivity contribution in [1.29, 1.82) is 0 Å². The van der Waals surface area contributed by atoms with Crippen molar-refractivity contribution in [2.24, 2.45) is 0 Å². The third kappa shape index (κ3) is 2.62. The van der Waals surface area contributed by atoms with E-state index in [0.717, 1.165) is 29.7 Å². The molecule has 3 aromatic rings. The van der Waals surface area contributed by atoms with Crippen LogP contribution in [0.5, 0.6) is 0 Å². The maximum absolute atomic E-state index is 4.34. The van der Waals surface area contributed by atoms with E-state index in [1.54, 1.807) is 6.33 Å². The van der Waals surface area contributed by atoms with Crippen molar-refractivity contribution in [2.45, 2.75) is 13.3 Å². The van der Waals surface area contributed by atoms with Gasteiger partial charge in [-0.05, 0) is 36.6 Å². The monoisotopic (exact) mass is 263 g/mol. The Balaban J connectivity index is 1.73. The van der Waals surface area contributed by atoms with E-state index in [0.29, 0.717) is 0 Å². The highest BCUT2D eigenvalue weighted by Crippen LogP contribution is 2.18. The molecule has 0 aliphatic carbocycles. The zero-order valence-corrected chi connectivity index (χ0v) is 11.5. The van der Waals surface area contributed by atoms with Gasteiger partial charge < -0.3 is 5.32 Å². The van der Waals surface area contributed by atoms with E-state index >= 15 is 0 Å². The average molecular weight is 263 g/mol. The second-order valence-corrected chi connectivity index (χ2v) is 4.84. The van der Waals surface area contributed by atoms with Gasteiger partial charge in [-0.3, -0.25) is 0 Å². The van der Waals surface area contributed by atoms with Gasteiger partial charge in [0.2, 0.25) is 0 Å². The SMILES string of the molecule is Cc1ccccc1CCNc1ncnc2ccccc12. The quantitative estimate of drug-likeness (QED) is 0.781. The summed E-state index contributed by atoms with van der Waals surface area (Å²) in [5.41, 5.74) is 3.68. The Morgan fingerprint density at radius 1 is 0.950 bits per heavy atom. The van der Waals surface area contributed by atoms with Crippen LogP contribution >= 0.6 is 0 Å². The second-order valence-electron chi connectivity index (χ2n) is 4.84. The topological polar surface area (TPSA) is 37.8 Å². The molecule has 0 aliphatic rings. The number of hydrogen-bond acceptors (Lipinski definition) is 3. The molecule has 1 N–H and O–H groups in total. The van der Waals surface area contributed by atoms with E-state index in [1.165, 1.54) is 11.1 Å². The van der Waals surface area contributed by atoms with Gasteiger partial charge in [0.25, 0.3) is 0 Å². The Bertz CT molecular complexity index is 717. The van der Waals surface area contributed by atoms with Gasteiger partial charge in [-0.1, -0.05) is 36.4 Å². The summed E-state index contributed by atoms with van der Waals surface area (Å²) < 4.78 is 0. The normalized spacial score (nSPS) is 10.7. The molecule has 0 bridgehead atoms. The van der Waals surface area contributed by atoms with Crippen molar-refractivity contribution in [3.63, 3.8) is 0 Å². The van der Waals surface area contributed by atoms with Crippen LogP contribution in [0.1, 0.15) is 11.1 Å². The third-order valence-electron chi connectivity index (χ3n) is 3.49. The fourth-order valence-electron chi connectivity index (χ4n) is 2.35. The maximum Gasteiger partial charge on any atom is 0.137 e. The number of fused-ring (bicyclic) bond motifs is 1. The van der Waals surface area contributed by atoms with Crippen molar-refractivity contribution in [2.75, 3.05) is 11.9 Å². The van der Waals surface area contributed by atoms with Crippen LogP contribution in [0.25, 0.3) is 10.9 Å². The standard InChI is InChI=1S/C17H17N3/c1-13-6-2-3-7-14(13)10-11-18-17-15-8-4-5-9-16(15)19-12-20-17/h2-9,12H,10-11H2,1H3,(H,18,19,20). The van der Waals surface area contributed by atoms with E-state index in [9.17, 15) is 0 Å². The van der Waals surface area contributed by atoms with Crippen molar-refractivity contribution in [3.05, 3.63) is 66.0 Å². The molecule has 0 aliphatic heterocycles. The molecule has 0 spiro atoms. The Hall–Kier alpha value is -2.42. The first-order chi connectivity index (χ1) is 9.84. The Kier molecular flexibility index (Phi) is 3.59. The van der Waals surface area contributed by atoms with Crippen LogP contribution < -0.4 is 5.32 Å². The lowest BCUT2D eigenvalue weighted by Gasteiger charge is -2.09. The minimum atomic E-state index is 0.867. The van der Waals surface area contributed by atoms with Crippen LogP contribution in [0.3, 0.4) is 0 Å². The van der Waals surface area contributed by atoms with Crippen LogP contribution in [0.15, 0.2) is 54.9 Å². The number of aryl methyl sites for hydroxylation is 1. The first-order valence-electron chi connectivity index (χ1n) is 6.83. The number of benzene rings is 2.